The second-order valence-electron chi connectivity index (χ2n) is 5.40. The van der Waals surface area contributed by atoms with Gasteiger partial charge < -0.3 is 10.2 Å². The highest BCUT2D eigenvalue weighted by molar-refractivity contribution is 5.75. The van der Waals surface area contributed by atoms with Crippen molar-refractivity contribution in [3.05, 3.63) is 36.5 Å². The Morgan fingerprint density at radius 2 is 2.18 bits per heavy atom. The molecule has 1 N–H and O–H groups in total. The van der Waals surface area contributed by atoms with Crippen molar-refractivity contribution < 1.29 is 4.79 Å². The number of carbonyl (C=O) groups is 1. The molecule has 7 nitrogen and oxygen atoms in total. The van der Waals surface area contributed by atoms with Crippen molar-refractivity contribution in [2.24, 2.45) is 0 Å². The van der Waals surface area contributed by atoms with E-state index in [1.807, 2.05) is 12.3 Å². The van der Waals surface area contributed by atoms with E-state index in [1.54, 1.807) is 11.0 Å². The number of pyridine rings is 1. The third-order valence-electron chi connectivity index (χ3n) is 3.76. The highest BCUT2D eigenvalue weighted by Gasteiger charge is 2.13. The molecule has 2 aromatic rings. The second-order valence-corrected chi connectivity index (χ2v) is 5.40. The first kappa shape index (κ1) is 14.5. The van der Waals surface area contributed by atoms with Gasteiger partial charge in [-0.1, -0.05) is 0 Å². The molecule has 7 heteroatoms. The number of rotatable bonds is 6. The van der Waals surface area contributed by atoms with Crippen LogP contribution >= 0.6 is 0 Å². The van der Waals surface area contributed by atoms with Crippen molar-refractivity contribution in [2.75, 3.05) is 18.0 Å². The zero-order valence-corrected chi connectivity index (χ0v) is 12.5. The maximum atomic E-state index is 11.9. The van der Waals surface area contributed by atoms with Gasteiger partial charge >= 0.3 is 0 Å². The molecule has 3 rings (SSSR count). The molecule has 0 atom stereocenters. The molecule has 0 aromatic carbocycles. The average molecular weight is 300 g/mol. The monoisotopic (exact) mass is 300 g/mol. The molecule has 0 saturated carbocycles. The maximum absolute atomic E-state index is 11.9. The lowest BCUT2D eigenvalue weighted by molar-refractivity contribution is -0.121. The molecule has 1 aliphatic heterocycles. The molecule has 22 heavy (non-hydrogen) atoms. The third kappa shape index (κ3) is 3.81. The standard InChI is InChI=1S/C15H20N6O/c22-15(4-8-21-12-16-11-19-21)18-10-13-3-5-17-14(9-13)20-6-1-2-7-20/h3,5,9,11-12H,1-2,4,6-8,10H2,(H,18,22). The van der Waals surface area contributed by atoms with Gasteiger partial charge in [0, 0.05) is 32.3 Å². The normalized spacial score (nSPS) is 14.3. The molecule has 0 aliphatic carbocycles. The minimum atomic E-state index is 0.00929. The molecular weight excluding hydrogens is 280 g/mol. The van der Waals surface area contributed by atoms with E-state index in [9.17, 15) is 4.79 Å². The van der Waals surface area contributed by atoms with E-state index in [1.165, 1.54) is 19.2 Å². The summed E-state index contributed by atoms with van der Waals surface area (Å²) in [6, 6.07) is 4.00. The van der Waals surface area contributed by atoms with Gasteiger partial charge in [-0.05, 0) is 30.5 Å². The minimum Gasteiger partial charge on any atom is -0.357 e. The van der Waals surface area contributed by atoms with Gasteiger partial charge in [0.05, 0.1) is 6.54 Å². The van der Waals surface area contributed by atoms with Crippen LogP contribution in [0.15, 0.2) is 31.0 Å². The van der Waals surface area contributed by atoms with E-state index in [4.69, 9.17) is 0 Å². The summed E-state index contributed by atoms with van der Waals surface area (Å²) >= 11 is 0. The van der Waals surface area contributed by atoms with E-state index in [0.29, 0.717) is 19.5 Å². The lowest BCUT2D eigenvalue weighted by atomic mass is 10.2. The first-order valence-electron chi connectivity index (χ1n) is 7.60. The van der Waals surface area contributed by atoms with Crippen LogP contribution in [0.3, 0.4) is 0 Å². The van der Waals surface area contributed by atoms with Gasteiger partial charge in [0.1, 0.15) is 18.5 Å². The van der Waals surface area contributed by atoms with E-state index in [-0.39, 0.29) is 5.91 Å². The predicted molar refractivity (Wildman–Crippen MR) is 82.2 cm³/mol. The smallest absolute Gasteiger partial charge is 0.222 e. The van der Waals surface area contributed by atoms with Gasteiger partial charge in [0.2, 0.25) is 5.91 Å². The van der Waals surface area contributed by atoms with Crippen LogP contribution in [0.2, 0.25) is 0 Å². The molecule has 2 aromatic heterocycles. The highest BCUT2D eigenvalue weighted by Crippen LogP contribution is 2.18. The molecule has 0 unspecified atom stereocenters. The van der Waals surface area contributed by atoms with Crippen molar-refractivity contribution in [3.8, 4) is 0 Å². The lowest BCUT2D eigenvalue weighted by Gasteiger charge is -2.17. The molecule has 1 amide bonds. The number of aromatic nitrogens is 4. The fraction of sp³-hybridized carbons (Fsp3) is 0.467. The van der Waals surface area contributed by atoms with Crippen molar-refractivity contribution in [3.63, 3.8) is 0 Å². The van der Waals surface area contributed by atoms with Crippen LogP contribution in [0.1, 0.15) is 24.8 Å². The Morgan fingerprint density at radius 3 is 2.95 bits per heavy atom. The summed E-state index contributed by atoms with van der Waals surface area (Å²) in [5.74, 6) is 1.02. The van der Waals surface area contributed by atoms with Crippen LogP contribution in [-0.2, 0) is 17.9 Å². The van der Waals surface area contributed by atoms with Gasteiger partial charge in [0.15, 0.2) is 0 Å². The second kappa shape index (κ2) is 7.02. The largest absolute Gasteiger partial charge is 0.357 e. The molecule has 0 spiro atoms. The Hall–Kier alpha value is -2.44. The average Bonchev–Trinajstić information content (AvgIpc) is 3.24. The summed E-state index contributed by atoms with van der Waals surface area (Å²) in [5, 5.41) is 6.91. The van der Waals surface area contributed by atoms with Crippen LogP contribution in [0.25, 0.3) is 0 Å². The first-order chi connectivity index (χ1) is 10.8. The van der Waals surface area contributed by atoms with Crippen LogP contribution in [0.4, 0.5) is 5.82 Å². The van der Waals surface area contributed by atoms with E-state index in [2.05, 4.69) is 31.3 Å². The van der Waals surface area contributed by atoms with Crippen molar-refractivity contribution in [1.29, 1.82) is 0 Å². The molecule has 1 fully saturated rings. The van der Waals surface area contributed by atoms with Gasteiger partial charge in [-0.25, -0.2) is 9.97 Å². The lowest BCUT2D eigenvalue weighted by Crippen LogP contribution is -2.24. The van der Waals surface area contributed by atoms with Crippen LogP contribution in [0.5, 0.6) is 0 Å². The fourth-order valence-electron chi connectivity index (χ4n) is 2.54. The number of carbonyl (C=O) groups excluding carboxylic acids is 1. The molecule has 0 bridgehead atoms. The molecule has 0 radical (unpaired) electrons. The van der Waals surface area contributed by atoms with Crippen LogP contribution in [-0.4, -0.2) is 38.7 Å². The summed E-state index contributed by atoms with van der Waals surface area (Å²) in [5.41, 5.74) is 1.08. The third-order valence-corrected chi connectivity index (χ3v) is 3.76. The Labute approximate surface area is 129 Å². The van der Waals surface area contributed by atoms with Gasteiger partial charge in [0.25, 0.3) is 0 Å². The summed E-state index contributed by atoms with van der Waals surface area (Å²) in [6.45, 7) is 3.21. The summed E-state index contributed by atoms with van der Waals surface area (Å²) in [4.78, 5) is 22.4. The number of hydrogen-bond donors (Lipinski definition) is 1. The number of nitrogens with one attached hydrogen (secondary N) is 1. The number of aryl methyl sites for hydroxylation is 1. The Kier molecular flexibility index (Phi) is 4.62. The number of amides is 1. The van der Waals surface area contributed by atoms with Crippen molar-refractivity contribution in [1.82, 2.24) is 25.1 Å². The fourth-order valence-corrected chi connectivity index (χ4v) is 2.54. The van der Waals surface area contributed by atoms with Crippen molar-refractivity contribution >= 4 is 11.7 Å². The van der Waals surface area contributed by atoms with Gasteiger partial charge in [-0.3, -0.25) is 9.48 Å². The maximum Gasteiger partial charge on any atom is 0.222 e. The molecule has 3 heterocycles. The molecule has 1 aliphatic rings. The highest BCUT2D eigenvalue weighted by atomic mass is 16.1. The SMILES string of the molecule is O=C(CCn1cncn1)NCc1ccnc(N2CCCC2)c1. The summed E-state index contributed by atoms with van der Waals surface area (Å²) in [6.07, 6.45) is 7.74. The quantitative estimate of drug-likeness (QED) is 0.860. The van der Waals surface area contributed by atoms with E-state index >= 15 is 0 Å². The number of nitrogens with zero attached hydrogens (tertiary/aromatic N) is 5. The van der Waals surface area contributed by atoms with E-state index < -0.39 is 0 Å². The van der Waals surface area contributed by atoms with E-state index in [0.717, 1.165) is 24.5 Å². The van der Waals surface area contributed by atoms with Gasteiger partial charge in [-0.15, -0.1) is 0 Å². The summed E-state index contributed by atoms with van der Waals surface area (Å²) in [7, 11) is 0. The van der Waals surface area contributed by atoms with Gasteiger partial charge in [-0.2, -0.15) is 5.10 Å². The molecule has 1 saturated heterocycles. The number of hydrogen-bond acceptors (Lipinski definition) is 5. The zero-order valence-electron chi connectivity index (χ0n) is 12.5. The Balaban J connectivity index is 1.48. The molecule has 116 valence electrons. The summed E-state index contributed by atoms with van der Waals surface area (Å²) < 4.78 is 1.65. The van der Waals surface area contributed by atoms with Crippen LogP contribution < -0.4 is 10.2 Å². The zero-order chi connectivity index (χ0) is 15.2. The van der Waals surface area contributed by atoms with Crippen molar-refractivity contribution in [2.45, 2.75) is 32.4 Å². The topological polar surface area (TPSA) is 75.9 Å². The number of anilines is 1. The first-order valence-corrected chi connectivity index (χ1v) is 7.60. The molecular formula is C15H20N6O. The Bertz CT molecular complexity index is 606. The minimum absolute atomic E-state index is 0.00929. The van der Waals surface area contributed by atoms with Crippen LogP contribution in [0, 0.1) is 0 Å². The predicted octanol–water partition coefficient (Wildman–Crippen LogP) is 0.980. The Morgan fingerprint density at radius 1 is 1.32 bits per heavy atom.